The highest BCUT2D eigenvalue weighted by Gasteiger charge is 2.52. The van der Waals surface area contributed by atoms with Crippen LogP contribution in [0.25, 0.3) is 0 Å². The summed E-state index contributed by atoms with van der Waals surface area (Å²) in [4.78, 5) is 12.5. The molecule has 0 spiro atoms. The number of unbranched alkanes of at least 4 members (excludes halogenated alkanes) is 1. The summed E-state index contributed by atoms with van der Waals surface area (Å²) in [5.74, 6) is -0.223. The van der Waals surface area contributed by atoms with Gasteiger partial charge in [-0.15, -0.1) is 0 Å². The summed E-state index contributed by atoms with van der Waals surface area (Å²) in [5, 5.41) is 11.1. The number of aliphatic hydroxyl groups is 1. The monoisotopic (exact) mass is 304 g/mol. The van der Waals surface area contributed by atoms with Gasteiger partial charge in [0.2, 0.25) is 0 Å². The van der Waals surface area contributed by atoms with Gasteiger partial charge in [-0.2, -0.15) is 0 Å². The van der Waals surface area contributed by atoms with Crippen molar-refractivity contribution in [1.29, 1.82) is 0 Å². The number of ether oxygens (including phenoxy) is 1. The Kier molecular flexibility index (Phi) is 5.63. The van der Waals surface area contributed by atoms with Crippen molar-refractivity contribution in [2.24, 2.45) is 5.92 Å². The van der Waals surface area contributed by atoms with Crippen LogP contribution in [0.5, 0.6) is 0 Å². The molecule has 1 saturated carbocycles. The van der Waals surface area contributed by atoms with E-state index < -0.39 is 11.6 Å². The van der Waals surface area contributed by atoms with Crippen LogP contribution < -0.4 is 0 Å². The zero-order chi connectivity index (χ0) is 16.2. The van der Waals surface area contributed by atoms with Gasteiger partial charge in [0.25, 0.3) is 0 Å². The minimum atomic E-state index is -1.33. The highest BCUT2D eigenvalue weighted by molar-refractivity contribution is 5.80. The molecule has 122 valence electrons. The highest BCUT2D eigenvalue weighted by Crippen LogP contribution is 2.47. The fraction of sp³-hybridized carbons (Fsp3) is 0.632. The molecule has 2 rings (SSSR count). The van der Waals surface area contributed by atoms with Gasteiger partial charge in [0.1, 0.15) is 0 Å². The molecule has 0 saturated heterocycles. The minimum absolute atomic E-state index is 0.0103. The predicted molar refractivity (Wildman–Crippen MR) is 87.6 cm³/mol. The summed E-state index contributed by atoms with van der Waals surface area (Å²) >= 11 is 0. The number of benzene rings is 1. The van der Waals surface area contributed by atoms with Gasteiger partial charge in [-0.3, -0.25) is 0 Å². The SMILES string of the molecule is CCCC[C@@H]1C[C@H](c2ccccc2)C[C@@]1(O)C(=O)OC(C)C. The molecule has 1 fully saturated rings. The van der Waals surface area contributed by atoms with Gasteiger partial charge < -0.3 is 9.84 Å². The van der Waals surface area contributed by atoms with Gasteiger partial charge in [-0.05, 0) is 50.5 Å². The van der Waals surface area contributed by atoms with Crippen LogP contribution in [0.3, 0.4) is 0 Å². The first-order valence-corrected chi connectivity index (χ1v) is 8.45. The lowest BCUT2D eigenvalue weighted by Crippen LogP contribution is -2.44. The van der Waals surface area contributed by atoms with E-state index in [4.69, 9.17) is 4.74 Å². The van der Waals surface area contributed by atoms with E-state index in [0.29, 0.717) is 6.42 Å². The summed E-state index contributed by atoms with van der Waals surface area (Å²) in [7, 11) is 0. The van der Waals surface area contributed by atoms with Crippen LogP contribution in [-0.4, -0.2) is 22.8 Å². The summed E-state index contributed by atoms with van der Waals surface area (Å²) in [6.45, 7) is 5.78. The smallest absolute Gasteiger partial charge is 0.338 e. The van der Waals surface area contributed by atoms with Crippen LogP contribution in [0.4, 0.5) is 0 Å². The van der Waals surface area contributed by atoms with Gasteiger partial charge in [0, 0.05) is 0 Å². The second kappa shape index (κ2) is 7.28. The van der Waals surface area contributed by atoms with Crippen LogP contribution in [-0.2, 0) is 9.53 Å². The molecule has 22 heavy (non-hydrogen) atoms. The molecule has 0 unspecified atom stereocenters. The van der Waals surface area contributed by atoms with Crippen molar-refractivity contribution < 1.29 is 14.6 Å². The second-order valence-electron chi connectivity index (χ2n) is 6.76. The molecular weight excluding hydrogens is 276 g/mol. The number of carbonyl (C=O) groups excluding carboxylic acids is 1. The lowest BCUT2D eigenvalue weighted by Gasteiger charge is -2.28. The lowest BCUT2D eigenvalue weighted by molar-refractivity contribution is -0.174. The van der Waals surface area contributed by atoms with E-state index >= 15 is 0 Å². The Bertz CT molecular complexity index is 483. The first-order chi connectivity index (χ1) is 10.5. The molecule has 0 radical (unpaired) electrons. The molecule has 1 aromatic carbocycles. The normalized spacial score (nSPS) is 28.0. The Labute approximate surface area is 133 Å². The molecule has 3 atom stereocenters. The van der Waals surface area contributed by atoms with Crippen LogP contribution in [0.15, 0.2) is 30.3 Å². The molecule has 0 aliphatic heterocycles. The number of hydrogen-bond acceptors (Lipinski definition) is 3. The van der Waals surface area contributed by atoms with Crippen molar-refractivity contribution in [2.75, 3.05) is 0 Å². The summed E-state index contributed by atoms with van der Waals surface area (Å²) < 4.78 is 5.34. The van der Waals surface area contributed by atoms with Crippen LogP contribution >= 0.6 is 0 Å². The van der Waals surface area contributed by atoms with E-state index in [0.717, 1.165) is 25.7 Å². The largest absolute Gasteiger partial charge is 0.461 e. The van der Waals surface area contributed by atoms with E-state index in [1.54, 1.807) is 0 Å². The van der Waals surface area contributed by atoms with Gasteiger partial charge in [0.05, 0.1) is 6.10 Å². The lowest BCUT2D eigenvalue weighted by atomic mass is 9.87. The third kappa shape index (κ3) is 3.70. The molecule has 3 heteroatoms. The number of carbonyl (C=O) groups is 1. The van der Waals surface area contributed by atoms with Gasteiger partial charge in [-0.25, -0.2) is 4.79 Å². The maximum atomic E-state index is 12.5. The molecule has 0 bridgehead atoms. The quantitative estimate of drug-likeness (QED) is 0.806. The molecule has 0 heterocycles. The number of esters is 1. The molecule has 1 aliphatic rings. The maximum absolute atomic E-state index is 12.5. The predicted octanol–water partition coefficient (Wildman–Crippen LogP) is 4.05. The van der Waals surface area contributed by atoms with Crippen LogP contribution in [0, 0.1) is 5.92 Å². The molecule has 1 aliphatic carbocycles. The van der Waals surface area contributed by atoms with E-state index in [1.807, 2.05) is 32.0 Å². The molecular formula is C19H28O3. The first kappa shape index (κ1) is 17.0. The Morgan fingerprint density at radius 2 is 2.05 bits per heavy atom. The van der Waals surface area contributed by atoms with Crippen LogP contribution in [0.2, 0.25) is 0 Å². The Hall–Kier alpha value is -1.35. The van der Waals surface area contributed by atoms with Crippen molar-refractivity contribution in [1.82, 2.24) is 0 Å². The fourth-order valence-electron chi connectivity index (χ4n) is 3.52. The Morgan fingerprint density at radius 1 is 1.36 bits per heavy atom. The van der Waals surface area contributed by atoms with Crippen molar-refractivity contribution in [3.05, 3.63) is 35.9 Å². The summed E-state index contributed by atoms with van der Waals surface area (Å²) in [5.41, 5.74) is -0.128. The molecule has 3 nitrogen and oxygen atoms in total. The Morgan fingerprint density at radius 3 is 2.64 bits per heavy atom. The number of rotatable bonds is 6. The minimum Gasteiger partial charge on any atom is -0.461 e. The van der Waals surface area contributed by atoms with Gasteiger partial charge in [0.15, 0.2) is 5.60 Å². The van der Waals surface area contributed by atoms with Crippen molar-refractivity contribution >= 4 is 5.97 Å². The third-order valence-corrected chi connectivity index (χ3v) is 4.68. The second-order valence-corrected chi connectivity index (χ2v) is 6.76. The average molecular weight is 304 g/mol. The zero-order valence-corrected chi connectivity index (χ0v) is 13.9. The van der Waals surface area contributed by atoms with E-state index in [2.05, 4.69) is 19.1 Å². The average Bonchev–Trinajstić information content (AvgIpc) is 2.84. The molecule has 1 aromatic rings. The first-order valence-electron chi connectivity index (χ1n) is 8.45. The number of hydrogen-bond donors (Lipinski definition) is 1. The van der Waals surface area contributed by atoms with Gasteiger partial charge >= 0.3 is 5.97 Å². The third-order valence-electron chi connectivity index (χ3n) is 4.68. The van der Waals surface area contributed by atoms with Gasteiger partial charge in [-0.1, -0.05) is 50.1 Å². The summed E-state index contributed by atoms with van der Waals surface area (Å²) in [6, 6.07) is 10.2. The van der Waals surface area contributed by atoms with E-state index in [9.17, 15) is 9.90 Å². The van der Waals surface area contributed by atoms with Crippen molar-refractivity contribution in [3.8, 4) is 0 Å². The van der Waals surface area contributed by atoms with Crippen molar-refractivity contribution in [3.63, 3.8) is 0 Å². The van der Waals surface area contributed by atoms with E-state index in [1.165, 1.54) is 5.56 Å². The molecule has 0 amide bonds. The topological polar surface area (TPSA) is 46.5 Å². The van der Waals surface area contributed by atoms with E-state index in [-0.39, 0.29) is 17.9 Å². The Balaban J connectivity index is 2.19. The van der Waals surface area contributed by atoms with Crippen LogP contribution in [0.1, 0.15) is 64.4 Å². The highest BCUT2D eigenvalue weighted by atomic mass is 16.6. The molecule has 0 aromatic heterocycles. The maximum Gasteiger partial charge on any atom is 0.338 e. The summed E-state index contributed by atoms with van der Waals surface area (Å²) in [6.07, 6.45) is 4.11. The standard InChI is InChI=1S/C19H28O3/c1-4-5-11-17-12-16(15-9-7-6-8-10-15)13-19(17,21)18(20)22-14(2)3/h6-10,14,16-17,21H,4-5,11-13H2,1-3H3/t16-,17+,19-/m0/s1. The van der Waals surface area contributed by atoms with Crippen molar-refractivity contribution in [2.45, 2.75) is 70.5 Å². The zero-order valence-electron chi connectivity index (χ0n) is 13.9. The fourth-order valence-corrected chi connectivity index (χ4v) is 3.52. The molecule has 1 N–H and O–H groups in total.